The van der Waals surface area contributed by atoms with Crippen LogP contribution >= 0.6 is 0 Å². The van der Waals surface area contributed by atoms with Crippen LogP contribution in [0.2, 0.25) is 0 Å². The van der Waals surface area contributed by atoms with E-state index in [9.17, 15) is 5.11 Å². The molecule has 0 heterocycles. The minimum absolute atomic E-state index is 0.486. The minimum Gasteiger partial charge on any atom is -0.508 e. The Hall–Kier alpha value is -1.02. The molecule has 1 aromatic rings. The van der Waals surface area contributed by atoms with E-state index in [1.165, 1.54) is 43.5 Å². The van der Waals surface area contributed by atoms with Crippen LogP contribution in [0.15, 0.2) is 18.2 Å². The third-order valence-electron chi connectivity index (χ3n) is 4.44. The fourth-order valence-electron chi connectivity index (χ4n) is 3.56. The number of phenolic OH excluding ortho intramolecular Hbond substituents is 1. The quantitative estimate of drug-likeness (QED) is 0.868. The average Bonchev–Trinajstić information content (AvgIpc) is 2.40. The molecule has 1 aliphatic rings. The van der Waals surface area contributed by atoms with Gasteiger partial charge in [-0.15, -0.1) is 0 Å². The minimum atomic E-state index is 0.486. The van der Waals surface area contributed by atoms with Crippen molar-refractivity contribution in [3.8, 4) is 5.75 Å². The number of hydrogen-bond donors (Lipinski definition) is 1. The largest absolute Gasteiger partial charge is 0.508 e. The Kier molecular flexibility index (Phi) is 4.87. The Morgan fingerprint density at radius 1 is 1.21 bits per heavy atom. The molecule has 106 valence electrons. The first-order chi connectivity index (χ1) is 9.19. The van der Waals surface area contributed by atoms with Gasteiger partial charge in [-0.25, -0.2) is 0 Å². The normalized spacial score (nSPS) is 22.5. The Labute approximate surface area is 117 Å². The van der Waals surface area contributed by atoms with Crippen LogP contribution in [0.5, 0.6) is 5.75 Å². The van der Waals surface area contributed by atoms with Crippen LogP contribution in [0.1, 0.15) is 57.1 Å². The fraction of sp³-hybridized carbons (Fsp3) is 0.647. The van der Waals surface area contributed by atoms with Crippen molar-refractivity contribution in [2.24, 2.45) is 0 Å². The second-order valence-electron chi connectivity index (χ2n) is 5.78. The van der Waals surface area contributed by atoms with Gasteiger partial charge < -0.3 is 5.11 Å². The Morgan fingerprint density at radius 2 is 1.89 bits per heavy atom. The van der Waals surface area contributed by atoms with Gasteiger partial charge in [0, 0.05) is 6.04 Å². The zero-order valence-electron chi connectivity index (χ0n) is 12.5. The standard InChI is InChI=1S/C17H27NO/c1-4-11-18(12-5-2)16-10-9-15-14(13(16)3)7-6-8-17(15)19/h6-8,13,16,19H,4-5,9-12H2,1-3H3/t13-,16+/m1/s1. The molecule has 19 heavy (non-hydrogen) atoms. The molecule has 0 fully saturated rings. The molecule has 0 bridgehead atoms. The van der Waals surface area contributed by atoms with Crippen LogP contribution < -0.4 is 0 Å². The number of nitrogens with zero attached hydrogens (tertiary/aromatic N) is 1. The second kappa shape index (κ2) is 6.42. The van der Waals surface area contributed by atoms with Crippen molar-refractivity contribution in [3.05, 3.63) is 29.3 Å². The summed E-state index contributed by atoms with van der Waals surface area (Å²) in [5.41, 5.74) is 2.53. The van der Waals surface area contributed by atoms with Gasteiger partial charge in [-0.3, -0.25) is 4.90 Å². The molecule has 0 spiro atoms. The molecule has 0 saturated carbocycles. The van der Waals surface area contributed by atoms with Crippen molar-refractivity contribution in [2.45, 2.75) is 58.4 Å². The van der Waals surface area contributed by atoms with Gasteiger partial charge in [-0.1, -0.05) is 32.9 Å². The van der Waals surface area contributed by atoms with E-state index in [-0.39, 0.29) is 0 Å². The lowest BCUT2D eigenvalue weighted by atomic mass is 9.79. The summed E-state index contributed by atoms with van der Waals surface area (Å²) in [7, 11) is 0. The summed E-state index contributed by atoms with van der Waals surface area (Å²) >= 11 is 0. The molecule has 2 atom stereocenters. The molecule has 1 aliphatic carbocycles. The molecule has 0 radical (unpaired) electrons. The highest BCUT2D eigenvalue weighted by Gasteiger charge is 2.30. The maximum Gasteiger partial charge on any atom is 0.119 e. The lowest BCUT2D eigenvalue weighted by Crippen LogP contribution is -2.42. The SMILES string of the molecule is CCCN(CCC)[C@H]1CCc2c(O)cccc2[C@H]1C. The molecule has 0 saturated heterocycles. The maximum atomic E-state index is 9.99. The summed E-state index contributed by atoms with van der Waals surface area (Å²) in [5, 5.41) is 9.99. The van der Waals surface area contributed by atoms with Gasteiger partial charge in [0.2, 0.25) is 0 Å². The average molecular weight is 261 g/mol. The second-order valence-corrected chi connectivity index (χ2v) is 5.78. The highest BCUT2D eigenvalue weighted by molar-refractivity contribution is 5.43. The lowest BCUT2D eigenvalue weighted by molar-refractivity contribution is 0.158. The number of phenols is 1. The van der Waals surface area contributed by atoms with Crippen LogP contribution in [0, 0.1) is 0 Å². The summed E-state index contributed by atoms with van der Waals surface area (Å²) in [6.07, 6.45) is 4.62. The summed E-state index contributed by atoms with van der Waals surface area (Å²) in [6, 6.07) is 6.63. The predicted octanol–water partition coefficient (Wildman–Crippen LogP) is 3.93. The van der Waals surface area contributed by atoms with E-state index in [0.29, 0.717) is 17.7 Å². The monoisotopic (exact) mass is 261 g/mol. The summed E-state index contributed by atoms with van der Waals surface area (Å²) in [5.74, 6) is 1.01. The molecule has 0 aromatic heterocycles. The molecule has 2 heteroatoms. The van der Waals surface area contributed by atoms with E-state index in [1.807, 2.05) is 12.1 Å². The van der Waals surface area contributed by atoms with Crippen LogP contribution in [0.4, 0.5) is 0 Å². The topological polar surface area (TPSA) is 23.5 Å². The molecule has 0 aliphatic heterocycles. The van der Waals surface area contributed by atoms with E-state index in [2.05, 4.69) is 31.7 Å². The van der Waals surface area contributed by atoms with Gasteiger partial charge in [-0.05, 0) is 61.9 Å². The molecule has 2 rings (SSSR count). The first kappa shape index (κ1) is 14.4. The number of fused-ring (bicyclic) bond motifs is 1. The molecule has 0 unspecified atom stereocenters. The Morgan fingerprint density at radius 3 is 2.53 bits per heavy atom. The van der Waals surface area contributed by atoms with Gasteiger partial charge in [0.15, 0.2) is 0 Å². The van der Waals surface area contributed by atoms with E-state index >= 15 is 0 Å². The van der Waals surface area contributed by atoms with Crippen LogP contribution in [0.25, 0.3) is 0 Å². The van der Waals surface area contributed by atoms with Gasteiger partial charge in [0.1, 0.15) is 5.75 Å². The van der Waals surface area contributed by atoms with Crippen LogP contribution in [0.3, 0.4) is 0 Å². The van der Waals surface area contributed by atoms with E-state index < -0.39 is 0 Å². The number of rotatable bonds is 5. The number of aromatic hydroxyl groups is 1. The van der Waals surface area contributed by atoms with Gasteiger partial charge in [0.25, 0.3) is 0 Å². The Balaban J connectivity index is 2.22. The summed E-state index contributed by atoms with van der Waals surface area (Å²) < 4.78 is 0. The third kappa shape index (κ3) is 2.94. The summed E-state index contributed by atoms with van der Waals surface area (Å²) in [4.78, 5) is 2.65. The van der Waals surface area contributed by atoms with E-state index in [1.54, 1.807) is 0 Å². The zero-order valence-corrected chi connectivity index (χ0v) is 12.5. The predicted molar refractivity (Wildman–Crippen MR) is 80.8 cm³/mol. The van der Waals surface area contributed by atoms with Gasteiger partial charge in [0.05, 0.1) is 0 Å². The molecular formula is C17H27NO. The van der Waals surface area contributed by atoms with Crippen molar-refractivity contribution in [3.63, 3.8) is 0 Å². The van der Waals surface area contributed by atoms with Crippen molar-refractivity contribution in [1.82, 2.24) is 4.90 Å². The van der Waals surface area contributed by atoms with Crippen molar-refractivity contribution < 1.29 is 5.11 Å². The lowest BCUT2D eigenvalue weighted by Gasteiger charge is -2.39. The van der Waals surface area contributed by atoms with E-state index in [4.69, 9.17) is 0 Å². The van der Waals surface area contributed by atoms with Crippen molar-refractivity contribution in [1.29, 1.82) is 0 Å². The number of hydrogen-bond acceptors (Lipinski definition) is 2. The van der Waals surface area contributed by atoms with Crippen LogP contribution in [-0.4, -0.2) is 29.1 Å². The maximum absolute atomic E-state index is 9.99. The molecule has 1 N–H and O–H groups in total. The molecular weight excluding hydrogens is 234 g/mol. The first-order valence-electron chi connectivity index (χ1n) is 7.73. The first-order valence-corrected chi connectivity index (χ1v) is 7.73. The fourth-order valence-corrected chi connectivity index (χ4v) is 3.56. The number of benzene rings is 1. The Bertz CT molecular complexity index is 410. The highest BCUT2D eigenvalue weighted by Crippen LogP contribution is 2.38. The molecule has 0 amide bonds. The molecule has 2 nitrogen and oxygen atoms in total. The van der Waals surface area contributed by atoms with Crippen molar-refractivity contribution >= 4 is 0 Å². The highest BCUT2D eigenvalue weighted by atomic mass is 16.3. The van der Waals surface area contributed by atoms with Crippen LogP contribution in [-0.2, 0) is 6.42 Å². The van der Waals surface area contributed by atoms with Gasteiger partial charge >= 0.3 is 0 Å². The van der Waals surface area contributed by atoms with Gasteiger partial charge in [-0.2, -0.15) is 0 Å². The summed E-state index contributed by atoms with van der Waals surface area (Å²) in [6.45, 7) is 9.22. The molecule has 1 aromatic carbocycles. The third-order valence-corrected chi connectivity index (χ3v) is 4.44. The zero-order chi connectivity index (χ0) is 13.8. The van der Waals surface area contributed by atoms with Crippen molar-refractivity contribution in [2.75, 3.05) is 13.1 Å². The van der Waals surface area contributed by atoms with E-state index in [0.717, 1.165) is 6.42 Å². The smallest absolute Gasteiger partial charge is 0.119 e.